The summed E-state index contributed by atoms with van der Waals surface area (Å²) in [5, 5.41) is 0.249. The zero-order valence-corrected chi connectivity index (χ0v) is 12.5. The van der Waals surface area contributed by atoms with E-state index in [-0.39, 0.29) is 16.0 Å². The van der Waals surface area contributed by atoms with E-state index >= 15 is 0 Å². The summed E-state index contributed by atoms with van der Waals surface area (Å²) in [5.74, 6) is 0. The van der Waals surface area contributed by atoms with Crippen LogP contribution < -0.4 is 4.72 Å². The van der Waals surface area contributed by atoms with Crippen LogP contribution in [0.5, 0.6) is 0 Å². The van der Waals surface area contributed by atoms with Crippen LogP contribution in [0.3, 0.4) is 0 Å². The highest BCUT2D eigenvalue weighted by Gasteiger charge is 2.25. The maximum atomic E-state index is 12.2. The first-order valence-corrected chi connectivity index (χ1v) is 7.78. The number of hydrogen-bond acceptors (Lipinski definition) is 4. The van der Waals surface area contributed by atoms with Crippen LogP contribution in [0.4, 0.5) is 5.69 Å². The van der Waals surface area contributed by atoms with Crippen molar-refractivity contribution < 1.29 is 13.2 Å². The molecule has 2 heterocycles. The Kier molecular flexibility index (Phi) is 4.52. The Morgan fingerprint density at radius 2 is 2.00 bits per heavy atom. The Morgan fingerprint density at radius 3 is 2.58 bits per heavy atom. The van der Waals surface area contributed by atoms with E-state index in [1.807, 2.05) is 0 Å². The number of hydrogen-bond donors (Lipinski definition) is 1. The van der Waals surface area contributed by atoms with Crippen molar-refractivity contribution in [2.45, 2.75) is 6.92 Å². The van der Waals surface area contributed by atoms with Crippen molar-refractivity contribution in [1.82, 2.24) is 9.29 Å². The number of nitrogens with zero attached hydrogens (tertiary/aromatic N) is 2. The molecule has 0 aliphatic carbocycles. The normalized spacial score (nSPS) is 17.4. The Morgan fingerprint density at radius 1 is 1.37 bits per heavy atom. The summed E-state index contributed by atoms with van der Waals surface area (Å²) in [6.45, 7) is 3.09. The lowest BCUT2D eigenvalue weighted by Gasteiger charge is -2.26. The molecule has 1 aromatic rings. The lowest BCUT2D eigenvalue weighted by Crippen LogP contribution is -2.43. The van der Waals surface area contributed by atoms with E-state index < -0.39 is 10.2 Å². The largest absolute Gasteiger partial charge is 0.379 e. The molecular weight excluding hydrogens is 313 g/mol. The van der Waals surface area contributed by atoms with Crippen LogP contribution in [0.2, 0.25) is 10.3 Å². The quantitative estimate of drug-likeness (QED) is 0.858. The molecule has 0 aromatic carbocycles. The summed E-state index contributed by atoms with van der Waals surface area (Å²) in [5.41, 5.74) is 0.861. The molecule has 1 aliphatic rings. The molecule has 0 unspecified atom stereocenters. The van der Waals surface area contributed by atoms with Crippen LogP contribution >= 0.6 is 23.2 Å². The molecule has 1 fully saturated rings. The van der Waals surface area contributed by atoms with Crippen molar-refractivity contribution in [3.05, 3.63) is 21.9 Å². The Balaban J connectivity index is 2.25. The lowest BCUT2D eigenvalue weighted by molar-refractivity contribution is 0.0733. The lowest BCUT2D eigenvalue weighted by atomic mass is 10.3. The number of aromatic nitrogens is 1. The third-order valence-electron chi connectivity index (χ3n) is 2.68. The fraction of sp³-hybridized carbons (Fsp3) is 0.500. The van der Waals surface area contributed by atoms with E-state index in [9.17, 15) is 8.42 Å². The second-order valence-electron chi connectivity index (χ2n) is 4.05. The SMILES string of the molecule is Cc1cc(Cl)nc(Cl)c1NS(=O)(=O)N1CCOCC1. The van der Waals surface area contributed by atoms with Gasteiger partial charge in [0.25, 0.3) is 0 Å². The molecule has 6 nitrogen and oxygen atoms in total. The van der Waals surface area contributed by atoms with Crippen molar-refractivity contribution in [1.29, 1.82) is 0 Å². The molecule has 0 amide bonds. The summed E-state index contributed by atoms with van der Waals surface area (Å²) >= 11 is 11.7. The molecule has 19 heavy (non-hydrogen) atoms. The molecule has 1 aliphatic heterocycles. The van der Waals surface area contributed by atoms with Crippen LogP contribution in [0.1, 0.15) is 5.56 Å². The zero-order chi connectivity index (χ0) is 14.0. The molecule has 0 bridgehead atoms. The third-order valence-corrected chi connectivity index (χ3v) is 4.66. The number of aryl methyl sites for hydroxylation is 1. The van der Waals surface area contributed by atoms with Gasteiger partial charge >= 0.3 is 10.2 Å². The molecule has 0 atom stereocenters. The number of morpholine rings is 1. The highest BCUT2D eigenvalue weighted by atomic mass is 35.5. The van der Waals surface area contributed by atoms with Crippen LogP contribution in [0, 0.1) is 6.92 Å². The van der Waals surface area contributed by atoms with Gasteiger partial charge in [-0.15, -0.1) is 0 Å². The van der Waals surface area contributed by atoms with E-state index in [1.165, 1.54) is 4.31 Å². The van der Waals surface area contributed by atoms with Gasteiger partial charge in [-0.2, -0.15) is 12.7 Å². The number of pyridine rings is 1. The Hall–Kier alpha value is -0.600. The molecule has 9 heteroatoms. The van der Waals surface area contributed by atoms with Gasteiger partial charge in [-0.3, -0.25) is 4.72 Å². The summed E-state index contributed by atoms with van der Waals surface area (Å²) in [7, 11) is -3.66. The summed E-state index contributed by atoms with van der Waals surface area (Å²) in [6.07, 6.45) is 0. The van der Waals surface area contributed by atoms with Crippen LogP contribution in [-0.4, -0.2) is 44.0 Å². The fourth-order valence-corrected chi connectivity index (χ4v) is 3.61. The maximum absolute atomic E-state index is 12.2. The van der Waals surface area contributed by atoms with Crippen LogP contribution in [0.25, 0.3) is 0 Å². The molecule has 0 spiro atoms. The van der Waals surface area contributed by atoms with Crippen molar-refractivity contribution in [2.24, 2.45) is 0 Å². The summed E-state index contributed by atoms with van der Waals surface area (Å²) in [4.78, 5) is 3.82. The first kappa shape index (κ1) is 14.8. The molecular formula is C10H13Cl2N3O3S. The third kappa shape index (κ3) is 3.49. The van der Waals surface area contributed by atoms with Crippen molar-refractivity contribution in [3.8, 4) is 0 Å². The van der Waals surface area contributed by atoms with Gasteiger partial charge < -0.3 is 4.74 Å². The van der Waals surface area contributed by atoms with Crippen molar-refractivity contribution in [3.63, 3.8) is 0 Å². The molecule has 1 aromatic heterocycles. The van der Waals surface area contributed by atoms with Gasteiger partial charge in [-0.25, -0.2) is 4.98 Å². The molecule has 1 saturated heterocycles. The van der Waals surface area contributed by atoms with Gasteiger partial charge in [-0.1, -0.05) is 23.2 Å². The average Bonchev–Trinajstić information content (AvgIpc) is 2.35. The average molecular weight is 326 g/mol. The van der Waals surface area contributed by atoms with Gasteiger partial charge in [0.05, 0.1) is 18.9 Å². The maximum Gasteiger partial charge on any atom is 0.301 e. The van der Waals surface area contributed by atoms with Gasteiger partial charge in [0.1, 0.15) is 5.15 Å². The number of nitrogens with one attached hydrogen (secondary N) is 1. The standard InChI is InChI=1S/C10H13Cl2N3O3S/c1-7-6-8(11)13-10(12)9(7)14-19(16,17)15-2-4-18-5-3-15/h6,14H,2-5H2,1H3. The van der Waals surface area contributed by atoms with Gasteiger partial charge in [0.15, 0.2) is 5.15 Å². The second kappa shape index (κ2) is 5.80. The Bertz CT molecular complexity index is 550. The topological polar surface area (TPSA) is 71.5 Å². The highest BCUT2D eigenvalue weighted by molar-refractivity contribution is 7.90. The predicted molar refractivity (Wildman–Crippen MR) is 73.9 cm³/mol. The van der Waals surface area contributed by atoms with Gasteiger partial charge in [0, 0.05) is 13.1 Å². The Labute approximate surface area is 121 Å². The first-order chi connectivity index (χ1) is 8.90. The minimum absolute atomic E-state index is 0.0295. The molecule has 0 radical (unpaired) electrons. The highest BCUT2D eigenvalue weighted by Crippen LogP contribution is 2.27. The van der Waals surface area contributed by atoms with E-state index in [0.717, 1.165) is 0 Å². The number of ether oxygens (including phenoxy) is 1. The van der Waals surface area contributed by atoms with E-state index in [1.54, 1.807) is 13.0 Å². The van der Waals surface area contributed by atoms with Gasteiger partial charge in [-0.05, 0) is 18.6 Å². The van der Waals surface area contributed by atoms with E-state index in [4.69, 9.17) is 27.9 Å². The fourth-order valence-electron chi connectivity index (χ4n) is 1.70. The smallest absolute Gasteiger partial charge is 0.301 e. The van der Waals surface area contributed by atoms with Gasteiger partial charge in [0.2, 0.25) is 0 Å². The first-order valence-electron chi connectivity index (χ1n) is 5.58. The van der Waals surface area contributed by atoms with Crippen LogP contribution in [0.15, 0.2) is 6.07 Å². The number of rotatable bonds is 3. The monoisotopic (exact) mass is 325 g/mol. The molecule has 1 N–H and O–H groups in total. The number of halogens is 2. The predicted octanol–water partition coefficient (Wildman–Crippen LogP) is 1.69. The van der Waals surface area contributed by atoms with E-state index in [0.29, 0.717) is 31.9 Å². The molecule has 0 saturated carbocycles. The minimum atomic E-state index is -3.66. The van der Waals surface area contributed by atoms with E-state index in [2.05, 4.69) is 9.71 Å². The van der Waals surface area contributed by atoms with Crippen LogP contribution in [-0.2, 0) is 14.9 Å². The summed E-state index contributed by atoms with van der Waals surface area (Å²) in [6, 6.07) is 1.55. The zero-order valence-electron chi connectivity index (χ0n) is 10.2. The molecule has 106 valence electrons. The number of anilines is 1. The summed E-state index contributed by atoms with van der Waals surface area (Å²) < 4.78 is 33.2. The minimum Gasteiger partial charge on any atom is -0.379 e. The van der Waals surface area contributed by atoms with Crippen molar-refractivity contribution in [2.75, 3.05) is 31.0 Å². The van der Waals surface area contributed by atoms with Crippen molar-refractivity contribution >= 4 is 39.1 Å². The second-order valence-corrected chi connectivity index (χ2v) is 6.46. The molecule has 2 rings (SSSR count).